The number of ether oxygens (including phenoxy) is 2. The van der Waals surface area contributed by atoms with Gasteiger partial charge in [-0.05, 0) is 46.2 Å². The zero-order chi connectivity index (χ0) is 18.8. The van der Waals surface area contributed by atoms with Gasteiger partial charge in [-0.25, -0.2) is 8.78 Å². The van der Waals surface area contributed by atoms with Crippen molar-refractivity contribution in [2.75, 3.05) is 59.2 Å². The van der Waals surface area contributed by atoms with E-state index in [1.807, 2.05) is 13.8 Å². The second-order valence-corrected chi connectivity index (χ2v) is 8.61. The number of nitrogens with zero attached hydrogens (tertiary/aromatic N) is 2. The maximum Gasteiger partial charge on any atom is 1.00 e. The number of fused-ring (bicyclic) bond motifs is 1. The van der Waals surface area contributed by atoms with Crippen LogP contribution in [-0.2, 0) is 9.47 Å². The van der Waals surface area contributed by atoms with Crippen LogP contribution < -0.4 is 56.5 Å². The summed E-state index contributed by atoms with van der Waals surface area (Å²) >= 11 is 0. The summed E-state index contributed by atoms with van der Waals surface area (Å²) in [6.45, 7) is 10.3. The first-order valence-electron chi connectivity index (χ1n) is 9.95. The fourth-order valence-electron chi connectivity index (χ4n) is 4.73. The van der Waals surface area contributed by atoms with Gasteiger partial charge in [0, 0.05) is 31.6 Å². The zero-order valence-electron chi connectivity index (χ0n) is 18.1. The Kier molecular flexibility index (Phi) is 11.0. The molecule has 4 rings (SSSR count). The van der Waals surface area contributed by atoms with Crippen LogP contribution in [-0.4, -0.2) is 86.5 Å². The minimum absolute atomic E-state index is 0. The maximum absolute atomic E-state index is 13.5. The first-order chi connectivity index (χ1) is 12.3. The van der Waals surface area contributed by atoms with E-state index in [0.717, 1.165) is 45.7 Å². The van der Waals surface area contributed by atoms with Crippen LogP contribution in [0.15, 0.2) is 0 Å². The fraction of sp³-hybridized carbons (Fsp3) is 0.950. The third kappa shape index (κ3) is 6.17. The molecule has 0 aromatic carbocycles. The van der Waals surface area contributed by atoms with Crippen molar-refractivity contribution < 1.29 is 74.7 Å². The molecule has 28 heavy (non-hydrogen) atoms. The molecule has 8 heteroatoms. The SMILES string of the molecule is CC(C)OCC12CCCN1CC1(C2)CC1(F)F.[CH3-].[K+].[O-]CCN1CCOCC1. The van der Waals surface area contributed by atoms with Gasteiger partial charge in [0.1, 0.15) is 0 Å². The second kappa shape index (κ2) is 11.2. The number of alkyl halides is 2. The van der Waals surface area contributed by atoms with Gasteiger partial charge < -0.3 is 26.9 Å². The van der Waals surface area contributed by atoms with E-state index in [9.17, 15) is 13.9 Å². The van der Waals surface area contributed by atoms with E-state index in [1.54, 1.807) is 0 Å². The van der Waals surface area contributed by atoms with Gasteiger partial charge >= 0.3 is 51.4 Å². The van der Waals surface area contributed by atoms with Crippen molar-refractivity contribution in [1.29, 1.82) is 0 Å². The summed E-state index contributed by atoms with van der Waals surface area (Å²) in [5.41, 5.74) is -0.780. The van der Waals surface area contributed by atoms with E-state index < -0.39 is 11.3 Å². The van der Waals surface area contributed by atoms with Crippen molar-refractivity contribution in [3.8, 4) is 0 Å². The molecule has 2 unspecified atom stereocenters. The topological polar surface area (TPSA) is 48.0 Å². The minimum atomic E-state index is -2.41. The smallest absolute Gasteiger partial charge is 0.854 e. The molecule has 2 atom stereocenters. The van der Waals surface area contributed by atoms with E-state index in [-0.39, 0.29) is 83.5 Å². The molecule has 0 bridgehead atoms. The van der Waals surface area contributed by atoms with Gasteiger partial charge in [-0.15, -0.1) is 6.61 Å². The van der Waals surface area contributed by atoms with Gasteiger partial charge in [-0.3, -0.25) is 4.90 Å². The summed E-state index contributed by atoms with van der Waals surface area (Å²) in [7, 11) is 0. The number of rotatable bonds is 5. The average molecular weight is 430 g/mol. The molecule has 0 amide bonds. The molecule has 0 aromatic rings. The van der Waals surface area contributed by atoms with E-state index in [1.165, 1.54) is 0 Å². The molecule has 0 radical (unpaired) electrons. The fourth-order valence-corrected chi connectivity index (χ4v) is 4.73. The standard InChI is InChI=1S/C13H21F2NO.C6H12NO2.CH3.K/c1-10(2)17-9-12-4-3-5-16(12)8-11(6-12)7-13(11,14)15;8-4-1-7-2-5-9-6-3-7;;/h10H,3-9H2,1-2H3;1-6H2;1H3;/q;2*-1;+1. The molecule has 4 aliphatic rings. The van der Waals surface area contributed by atoms with Gasteiger partial charge in [-0.2, -0.15) is 0 Å². The maximum atomic E-state index is 13.5. The average Bonchev–Trinajstić information content (AvgIpc) is 2.86. The monoisotopic (exact) mass is 429 g/mol. The van der Waals surface area contributed by atoms with Crippen LogP contribution in [0.5, 0.6) is 0 Å². The van der Waals surface area contributed by atoms with Gasteiger partial charge in [0.25, 0.3) is 5.92 Å². The van der Waals surface area contributed by atoms with Crippen molar-refractivity contribution in [3.63, 3.8) is 0 Å². The normalized spacial score (nSPS) is 33.6. The number of hydrogen-bond acceptors (Lipinski definition) is 5. The molecule has 4 fully saturated rings. The van der Waals surface area contributed by atoms with Crippen molar-refractivity contribution in [3.05, 3.63) is 7.43 Å². The Labute approximate surface area is 211 Å². The third-order valence-corrected chi connectivity index (χ3v) is 6.31. The first-order valence-corrected chi connectivity index (χ1v) is 9.95. The van der Waals surface area contributed by atoms with Crippen LogP contribution in [0, 0.1) is 12.8 Å². The number of morpholine rings is 1. The second-order valence-electron chi connectivity index (χ2n) is 8.61. The van der Waals surface area contributed by atoms with Crippen LogP contribution >= 0.6 is 0 Å². The largest absolute Gasteiger partial charge is 1.00 e. The van der Waals surface area contributed by atoms with Crippen molar-refractivity contribution >= 4 is 0 Å². The summed E-state index contributed by atoms with van der Waals surface area (Å²) < 4.78 is 37.8. The van der Waals surface area contributed by atoms with Crippen molar-refractivity contribution in [2.24, 2.45) is 5.41 Å². The van der Waals surface area contributed by atoms with Crippen LogP contribution in [0.2, 0.25) is 0 Å². The molecular formula is C20H36F2KN2O3-. The Morgan fingerprint density at radius 2 is 1.79 bits per heavy atom. The predicted molar refractivity (Wildman–Crippen MR) is 99.8 cm³/mol. The third-order valence-electron chi connectivity index (χ3n) is 6.31. The quantitative estimate of drug-likeness (QED) is 0.406. The summed E-state index contributed by atoms with van der Waals surface area (Å²) in [6, 6.07) is 0. The summed E-state index contributed by atoms with van der Waals surface area (Å²) in [5.74, 6) is -2.41. The zero-order valence-corrected chi connectivity index (χ0v) is 21.3. The van der Waals surface area contributed by atoms with Gasteiger partial charge in [0.15, 0.2) is 0 Å². The molecule has 5 nitrogen and oxygen atoms in total. The minimum Gasteiger partial charge on any atom is -0.854 e. The van der Waals surface area contributed by atoms with Gasteiger partial charge in [0.2, 0.25) is 0 Å². The molecule has 3 aliphatic heterocycles. The summed E-state index contributed by atoms with van der Waals surface area (Å²) in [5, 5.41) is 10.1. The molecule has 1 aliphatic carbocycles. The van der Waals surface area contributed by atoms with E-state index in [2.05, 4.69) is 9.80 Å². The van der Waals surface area contributed by atoms with Crippen LogP contribution in [0.4, 0.5) is 8.78 Å². The Hall–Kier alpha value is 1.30. The van der Waals surface area contributed by atoms with Gasteiger partial charge in [-0.1, -0.05) is 0 Å². The molecule has 0 aromatic heterocycles. The summed E-state index contributed by atoms with van der Waals surface area (Å²) in [6.07, 6.45) is 3.07. The Balaban J connectivity index is 0.000000308. The number of halogens is 2. The number of hydrogen-bond donors (Lipinski definition) is 0. The molecule has 1 spiro atoms. The Morgan fingerprint density at radius 1 is 1.14 bits per heavy atom. The Bertz CT molecular complexity index is 478. The van der Waals surface area contributed by atoms with Crippen LogP contribution in [0.3, 0.4) is 0 Å². The molecule has 3 heterocycles. The van der Waals surface area contributed by atoms with Crippen LogP contribution in [0.25, 0.3) is 0 Å². The molecular weight excluding hydrogens is 393 g/mol. The molecule has 3 saturated heterocycles. The summed E-state index contributed by atoms with van der Waals surface area (Å²) in [4.78, 5) is 4.41. The Morgan fingerprint density at radius 3 is 2.32 bits per heavy atom. The van der Waals surface area contributed by atoms with E-state index >= 15 is 0 Å². The molecule has 160 valence electrons. The van der Waals surface area contributed by atoms with E-state index in [0.29, 0.717) is 26.1 Å². The van der Waals surface area contributed by atoms with Gasteiger partial charge in [0.05, 0.1) is 31.3 Å². The first kappa shape index (κ1) is 27.3. The van der Waals surface area contributed by atoms with E-state index in [4.69, 9.17) is 9.47 Å². The van der Waals surface area contributed by atoms with Crippen molar-refractivity contribution in [2.45, 2.75) is 57.1 Å². The predicted octanol–water partition coefficient (Wildman–Crippen LogP) is -1.19. The van der Waals surface area contributed by atoms with Crippen molar-refractivity contribution in [1.82, 2.24) is 9.80 Å². The van der Waals surface area contributed by atoms with Crippen LogP contribution in [0.1, 0.15) is 39.5 Å². The molecule has 1 saturated carbocycles. The molecule has 0 N–H and O–H groups in total.